The van der Waals surface area contributed by atoms with Crippen molar-refractivity contribution in [3.63, 3.8) is 0 Å². The SMILES string of the molecule is CCCc1cccc(CC(SC(C)C(C)O)C(C)C)c1O. The molecule has 3 unspecified atom stereocenters. The van der Waals surface area contributed by atoms with Crippen molar-refractivity contribution in [1.29, 1.82) is 0 Å². The van der Waals surface area contributed by atoms with Crippen molar-refractivity contribution in [2.24, 2.45) is 5.92 Å². The quantitative estimate of drug-likeness (QED) is 0.747. The number of aryl methyl sites for hydroxylation is 1. The summed E-state index contributed by atoms with van der Waals surface area (Å²) in [4.78, 5) is 0. The first-order valence-electron chi connectivity index (χ1n) is 8.00. The Morgan fingerprint density at radius 3 is 2.24 bits per heavy atom. The van der Waals surface area contributed by atoms with Gasteiger partial charge in [0.25, 0.3) is 0 Å². The zero-order valence-corrected chi connectivity index (χ0v) is 14.8. The first-order valence-corrected chi connectivity index (χ1v) is 8.94. The Balaban J connectivity index is 2.87. The highest BCUT2D eigenvalue weighted by Gasteiger charge is 2.22. The summed E-state index contributed by atoms with van der Waals surface area (Å²) in [5.74, 6) is 0.973. The molecule has 0 aliphatic carbocycles. The Morgan fingerprint density at radius 2 is 1.71 bits per heavy atom. The van der Waals surface area contributed by atoms with Crippen molar-refractivity contribution in [2.45, 2.75) is 70.5 Å². The molecular formula is C18H30O2S. The monoisotopic (exact) mass is 310 g/mol. The molecule has 0 heterocycles. The summed E-state index contributed by atoms with van der Waals surface area (Å²) in [7, 11) is 0. The maximum atomic E-state index is 10.4. The number of phenols is 1. The molecule has 0 radical (unpaired) electrons. The van der Waals surface area contributed by atoms with E-state index < -0.39 is 0 Å². The molecule has 0 spiro atoms. The van der Waals surface area contributed by atoms with Gasteiger partial charge in [-0.3, -0.25) is 0 Å². The minimum absolute atomic E-state index is 0.207. The van der Waals surface area contributed by atoms with Crippen molar-refractivity contribution in [1.82, 2.24) is 0 Å². The second-order valence-electron chi connectivity index (χ2n) is 6.24. The molecule has 2 nitrogen and oxygen atoms in total. The maximum absolute atomic E-state index is 10.4. The molecule has 120 valence electrons. The molecule has 21 heavy (non-hydrogen) atoms. The summed E-state index contributed by atoms with van der Waals surface area (Å²) in [5, 5.41) is 20.8. The summed E-state index contributed by atoms with van der Waals surface area (Å²) in [6.07, 6.45) is 2.50. The molecule has 0 bridgehead atoms. The molecule has 1 rings (SSSR count). The van der Waals surface area contributed by atoms with E-state index in [-0.39, 0.29) is 11.4 Å². The second-order valence-corrected chi connectivity index (χ2v) is 7.86. The fraction of sp³-hybridized carbons (Fsp3) is 0.667. The van der Waals surface area contributed by atoms with Crippen molar-refractivity contribution in [2.75, 3.05) is 0 Å². The molecule has 3 heteroatoms. The van der Waals surface area contributed by atoms with Crippen molar-refractivity contribution < 1.29 is 10.2 Å². The molecule has 0 aliphatic heterocycles. The number of thioether (sulfide) groups is 1. The van der Waals surface area contributed by atoms with Gasteiger partial charge in [0.1, 0.15) is 5.75 Å². The van der Waals surface area contributed by atoms with Gasteiger partial charge in [0.05, 0.1) is 6.10 Å². The van der Waals surface area contributed by atoms with E-state index in [0.29, 0.717) is 16.9 Å². The number of hydrogen-bond acceptors (Lipinski definition) is 3. The summed E-state index contributed by atoms with van der Waals surface area (Å²) in [6, 6.07) is 6.08. The van der Waals surface area contributed by atoms with Gasteiger partial charge in [0.15, 0.2) is 0 Å². The van der Waals surface area contributed by atoms with Gasteiger partial charge in [0, 0.05) is 10.5 Å². The number of aromatic hydroxyl groups is 1. The van der Waals surface area contributed by atoms with E-state index >= 15 is 0 Å². The number of phenolic OH excluding ortho intramolecular Hbond substituents is 1. The predicted octanol–water partition coefficient (Wildman–Crippen LogP) is 4.41. The average molecular weight is 311 g/mol. The second kappa shape index (κ2) is 8.70. The lowest BCUT2D eigenvalue weighted by molar-refractivity contribution is 0.196. The minimum atomic E-state index is -0.309. The van der Waals surface area contributed by atoms with Crippen LogP contribution in [0, 0.1) is 5.92 Å². The molecular weight excluding hydrogens is 280 g/mol. The van der Waals surface area contributed by atoms with Crippen LogP contribution in [0.3, 0.4) is 0 Å². The lowest BCUT2D eigenvalue weighted by atomic mass is 9.98. The van der Waals surface area contributed by atoms with E-state index in [1.165, 1.54) is 0 Å². The van der Waals surface area contributed by atoms with Gasteiger partial charge in [-0.2, -0.15) is 11.8 Å². The first kappa shape index (κ1) is 18.4. The normalized spacial score (nSPS) is 16.0. The van der Waals surface area contributed by atoms with Crippen molar-refractivity contribution in [3.05, 3.63) is 29.3 Å². The number of hydrogen-bond donors (Lipinski definition) is 2. The Morgan fingerprint density at radius 1 is 1.10 bits per heavy atom. The van der Waals surface area contributed by atoms with E-state index in [1.807, 2.05) is 36.9 Å². The number of rotatable bonds is 8. The van der Waals surface area contributed by atoms with Crippen LogP contribution in [0.15, 0.2) is 18.2 Å². The predicted molar refractivity (Wildman–Crippen MR) is 93.2 cm³/mol. The number of aliphatic hydroxyl groups excluding tert-OH is 1. The van der Waals surface area contributed by atoms with Crippen LogP contribution in [0.1, 0.15) is 52.2 Å². The number of benzene rings is 1. The minimum Gasteiger partial charge on any atom is -0.507 e. The first-order chi connectivity index (χ1) is 9.86. The third-order valence-corrected chi connectivity index (χ3v) is 5.84. The fourth-order valence-electron chi connectivity index (χ4n) is 2.33. The van der Waals surface area contributed by atoms with Gasteiger partial charge in [-0.15, -0.1) is 0 Å². The highest BCUT2D eigenvalue weighted by atomic mass is 32.2. The Labute approximate surface area is 134 Å². The van der Waals surface area contributed by atoms with Crippen LogP contribution in [0.4, 0.5) is 0 Å². The van der Waals surface area contributed by atoms with Gasteiger partial charge in [-0.25, -0.2) is 0 Å². The van der Waals surface area contributed by atoms with Crippen LogP contribution in [0.5, 0.6) is 5.75 Å². The lowest BCUT2D eigenvalue weighted by Gasteiger charge is -2.26. The van der Waals surface area contributed by atoms with Crippen LogP contribution in [-0.4, -0.2) is 26.8 Å². The van der Waals surface area contributed by atoms with Gasteiger partial charge in [0.2, 0.25) is 0 Å². The Bertz CT molecular complexity index is 429. The van der Waals surface area contributed by atoms with Gasteiger partial charge < -0.3 is 10.2 Å². The van der Waals surface area contributed by atoms with E-state index in [9.17, 15) is 10.2 Å². The van der Waals surface area contributed by atoms with E-state index in [0.717, 1.165) is 30.4 Å². The van der Waals surface area contributed by atoms with Gasteiger partial charge in [-0.1, -0.05) is 52.3 Å². The third kappa shape index (κ3) is 5.55. The average Bonchev–Trinajstić information content (AvgIpc) is 2.42. The summed E-state index contributed by atoms with van der Waals surface area (Å²) in [6.45, 7) is 10.5. The van der Waals surface area contributed by atoms with Gasteiger partial charge >= 0.3 is 0 Å². The molecule has 1 aromatic carbocycles. The molecule has 0 amide bonds. The zero-order chi connectivity index (χ0) is 16.0. The molecule has 2 N–H and O–H groups in total. The van der Waals surface area contributed by atoms with E-state index in [1.54, 1.807) is 0 Å². The highest BCUT2D eigenvalue weighted by Crippen LogP contribution is 2.32. The summed E-state index contributed by atoms with van der Waals surface area (Å²) < 4.78 is 0. The largest absolute Gasteiger partial charge is 0.507 e. The molecule has 0 saturated carbocycles. The van der Waals surface area contributed by atoms with Crippen LogP contribution in [0.2, 0.25) is 0 Å². The molecule has 0 fully saturated rings. The smallest absolute Gasteiger partial charge is 0.121 e. The molecule has 1 aromatic rings. The van der Waals surface area contributed by atoms with E-state index in [2.05, 4.69) is 27.7 Å². The molecule has 0 aromatic heterocycles. The van der Waals surface area contributed by atoms with Crippen molar-refractivity contribution in [3.8, 4) is 5.75 Å². The standard InChI is InChI=1S/C18H30O2S/c1-6-8-15-9-7-10-16(18(15)20)11-17(12(2)3)21-14(5)13(4)19/h7,9-10,12-14,17,19-20H,6,8,11H2,1-5H3. The number of para-hydroxylation sites is 1. The van der Waals surface area contributed by atoms with Crippen LogP contribution in [0.25, 0.3) is 0 Å². The van der Waals surface area contributed by atoms with Crippen LogP contribution < -0.4 is 0 Å². The fourth-order valence-corrected chi connectivity index (χ4v) is 3.70. The molecule has 0 saturated heterocycles. The summed E-state index contributed by atoms with van der Waals surface area (Å²) in [5.41, 5.74) is 2.08. The Hall–Kier alpha value is -0.670. The van der Waals surface area contributed by atoms with E-state index in [4.69, 9.17) is 0 Å². The highest BCUT2D eigenvalue weighted by molar-refractivity contribution is 8.00. The van der Waals surface area contributed by atoms with Crippen molar-refractivity contribution >= 4 is 11.8 Å². The topological polar surface area (TPSA) is 40.5 Å². The summed E-state index contributed by atoms with van der Waals surface area (Å²) >= 11 is 1.82. The van der Waals surface area contributed by atoms with Gasteiger partial charge in [-0.05, 0) is 36.8 Å². The van der Waals surface area contributed by atoms with Crippen LogP contribution in [-0.2, 0) is 12.8 Å². The number of aliphatic hydroxyl groups is 1. The lowest BCUT2D eigenvalue weighted by Crippen LogP contribution is -2.24. The molecule has 0 aliphatic rings. The van der Waals surface area contributed by atoms with Crippen LogP contribution >= 0.6 is 11.8 Å². The Kier molecular flexibility index (Phi) is 7.61. The maximum Gasteiger partial charge on any atom is 0.121 e. The third-order valence-electron chi connectivity index (χ3n) is 3.96. The zero-order valence-electron chi connectivity index (χ0n) is 14.0. The molecule has 3 atom stereocenters.